The zero-order chi connectivity index (χ0) is 22.0. The quantitative estimate of drug-likeness (QED) is 0.361. The van der Waals surface area contributed by atoms with E-state index in [0.717, 1.165) is 26.6 Å². The smallest absolute Gasteiger partial charge is 0.329 e. The second kappa shape index (κ2) is 8.98. The number of hydrogen-bond acceptors (Lipinski definition) is 3. The first-order valence-electron chi connectivity index (χ1n) is 9.93. The number of nitrogens with zero attached hydrogens (tertiary/aromatic N) is 2. The molecule has 7 heteroatoms. The van der Waals surface area contributed by atoms with E-state index in [1.54, 1.807) is 22.3 Å². The molecule has 3 aromatic carbocycles. The van der Waals surface area contributed by atoms with E-state index in [1.807, 2.05) is 49.4 Å². The SMILES string of the molecule is CCOc1cc(Cn2c(=O)n(Cc3cccc(F)c3)c3cc(Br)ccc32)ccc1OC. The molecule has 160 valence electrons. The van der Waals surface area contributed by atoms with E-state index >= 15 is 0 Å². The van der Waals surface area contributed by atoms with Crippen LogP contribution in [0, 0.1) is 5.82 Å². The third-order valence-corrected chi connectivity index (χ3v) is 5.57. The van der Waals surface area contributed by atoms with Crippen LogP contribution in [0.4, 0.5) is 4.39 Å². The number of imidazole rings is 1. The van der Waals surface area contributed by atoms with E-state index in [9.17, 15) is 9.18 Å². The lowest BCUT2D eigenvalue weighted by molar-refractivity contribution is 0.310. The monoisotopic (exact) mass is 484 g/mol. The maximum absolute atomic E-state index is 13.7. The second-order valence-electron chi connectivity index (χ2n) is 7.14. The third-order valence-electron chi connectivity index (χ3n) is 5.08. The Morgan fingerprint density at radius 3 is 2.35 bits per heavy atom. The van der Waals surface area contributed by atoms with Crippen LogP contribution in [0.15, 0.2) is 69.9 Å². The molecule has 1 aromatic heterocycles. The summed E-state index contributed by atoms with van der Waals surface area (Å²) in [5, 5.41) is 0. The molecule has 0 saturated carbocycles. The standard InChI is InChI=1S/C24H22BrFN2O3/c1-3-31-23-12-17(7-10-22(23)30-2)15-27-20-9-8-18(25)13-21(20)28(24(27)29)14-16-5-4-6-19(26)11-16/h4-13H,3,14-15H2,1-2H3. The normalized spacial score (nSPS) is 11.1. The third kappa shape index (κ3) is 4.37. The largest absolute Gasteiger partial charge is 0.493 e. The van der Waals surface area contributed by atoms with Gasteiger partial charge in [-0.3, -0.25) is 9.13 Å². The summed E-state index contributed by atoms with van der Waals surface area (Å²) in [6.07, 6.45) is 0. The van der Waals surface area contributed by atoms with Gasteiger partial charge < -0.3 is 9.47 Å². The van der Waals surface area contributed by atoms with Gasteiger partial charge in [-0.1, -0.05) is 34.1 Å². The minimum absolute atomic E-state index is 0.161. The van der Waals surface area contributed by atoms with Crippen molar-refractivity contribution in [2.75, 3.05) is 13.7 Å². The molecular formula is C24H22BrFN2O3. The summed E-state index contributed by atoms with van der Waals surface area (Å²) in [5.41, 5.74) is 3.06. The van der Waals surface area contributed by atoms with Crippen molar-refractivity contribution < 1.29 is 13.9 Å². The highest BCUT2D eigenvalue weighted by Gasteiger charge is 2.15. The van der Waals surface area contributed by atoms with E-state index < -0.39 is 0 Å². The molecule has 4 rings (SSSR count). The van der Waals surface area contributed by atoms with Gasteiger partial charge in [0, 0.05) is 4.47 Å². The molecule has 0 aliphatic heterocycles. The molecule has 31 heavy (non-hydrogen) atoms. The molecule has 0 radical (unpaired) electrons. The summed E-state index contributed by atoms with van der Waals surface area (Å²) in [5.74, 6) is 0.967. The van der Waals surface area contributed by atoms with Gasteiger partial charge in [0.25, 0.3) is 0 Å². The van der Waals surface area contributed by atoms with Crippen molar-refractivity contribution in [3.63, 3.8) is 0 Å². The fraction of sp³-hybridized carbons (Fsp3) is 0.208. The Balaban J connectivity index is 1.79. The summed E-state index contributed by atoms with van der Waals surface area (Å²) in [6.45, 7) is 3.08. The van der Waals surface area contributed by atoms with Crippen LogP contribution >= 0.6 is 15.9 Å². The van der Waals surface area contributed by atoms with E-state index in [-0.39, 0.29) is 18.1 Å². The minimum atomic E-state index is -0.322. The first-order chi connectivity index (χ1) is 15.0. The molecule has 0 bridgehead atoms. The number of aromatic nitrogens is 2. The van der Waals surface area contributed by atoms with Crippen molar-refractivity contribution in [2.45, 2.75) is 20.0 Å². The van der Waals surface area contributed by atoms with Crippen LogP contribution < -0.4 is 15.2 Å². The molecule has 0 amide bonds. The molecule has 4 aromatic rings. The number of hydrogen-bond donors (Lipinski definition) is 0. The number of fused-ring (bicyclic) bond motifs is 1. The summed E-state index contributed by atoms with van der Waals surface area (Å²) in [6, 6.07) is 17.7. The summed E-state index contributed by atoms with van der Waals surface area (Å²) in [7, 11) is 1.60. The van der Waals surface area contributed by atoms with Gasteiger partial charge >= 0.3 is 5.69 Å². The zero-order valence-electron chi connectivity index (χ0n) is 17.3. The Morgan fingerprint density at radius 2 is 1.65 bits per heavy atom. The van der Waals surface area contributed by atoms with Crippen molar-refractivity contribution in [2.24, 2.45) is 0 Å². The van der Waals surface area contributed by atoms with Gasteiger partial charge in [-0.05, 0) is 60.5 Å². The first kappa shape index (κ1) is 21.2. The van der Waals surface area contributed by atoms with Gasteiger partial charge in [-0.25, -0.2) is 9.18 Å². The number of methoxy groups -OCH3 is 1. The summed E-state index contributed by atoms with van der Waals surface area (Å²) < 4.78 is 29.0. The molecule has 0 aliphatic carbocycles. The molecule has 0 fully saturated rings. The number of halogens is 2. The first-order valence-corrected chi connectivity index (χ1v) is 10.7. The van der Waals surface area contributed by atoms with Crippen LogP contribution in [0.3, 0.4) is 0 Å². The average Bonchev–Trinajstić information content (AvgIpc) is 2.99. The van der Waals surface area contributed by atoms with Crippen LogP contribution in [0.1, 0.15) is 18.1 Å². The van der Waals surface area contributed by atoms with Gasteiger partial charge in [0.1, 0.15) is 5.82 Å². The molecule has 0 saturated heterocycles. The van der Waals surface area contributed by atoms with Gasteiger partial charge in [-0.15, -0.1) is 0 Å². The average molecular weight is 485 g/mol. The number of ether oxygens (including phenoxy) is 2. The van der Waals surface area contributed by atoms with Gasteiger partial charge in [-0.2, -0.15) is 0 Å². The summed E-state index contributed by atoms with van der Waals surface area (Å²) >= 11 is 3.49. The van der Waals surface area contributed by atoms with Gasteiger partial charge in [0.2, 0.25) is 0 Å². The lowest BCUT2D eigenvalue weighted by atomic mass is 10.2. The van der Waals surface area contributed by atoms with Crippen LogP contribution in [-0.4, -0.2) is 22.9 Å². The van der Waals surface area contributed by atoms with E-state index in [2.05, 4.69) is 15.9 Å². The Hall–Kier alpha value is -3.06. The fourth-order valence-electron chi connectivity index (χ4n) is 3.69. The van der Waals surface area contributed by atoms with Crippen LogP contribution in [-0.2, 0) is 13.1 Å². The highest BCUT2D eigenvalue weighted by Crippen LogP contribution is 2.29. The maximum Gasteiger partial charge on any atom is 0.329 e. The second-order valence-corrected chi connectivity index (χ2v) is 8.05. The predicted octanol–water partition coefficient (Wildman–Crippen LogP) is 5.21. The van der Waals surface area contributed by atoms with Crippen molar-refractivity contribution in [1.82, 2.24) is 9.13 Å². The van der Waals surface area contributed by atoms with Crippen molar-refractivity contribution in [3.8, 4) is 11.5 Å². The molecular weight excluding hydrogens is 463 g/mol. The Labute approximate surface area is 187 Å². The van der Waals surface area contributed by atoms with E-state index in [4.69, 9.17) is 9.47 Å². The minimum Gasteiger partial charge on any atom is -0.493 e. The topological polar surface area (TPSA) is 45.4 Å². The zero-order valence-corrected chi connectivity index (χ0v) is 18.9. The van der Waals surface area contributed by atoms with Crippen LogP contribution in [0.2, 0.25) is 0 Å². The molecule has 0 atom stereocenters. The van der Waals surface area contributed by atoms with Gasteiger partial charge in [0.15, 0.2) is 11.5 Å². The van der Waals surface area contributed by atoms with Crippen molar-refractivity contribution in [3.05, 3.63) is 92.6 Å². The van der Waals surface area contributed by atoms with Crippen molar-refractivity contribution in [1.29, 1.82) is 0 Å². The maximum atomic E-state index is 13.7. The lowest BCUT2D eigenvalue weighted by Crippen LogP contribution is -2.25. The summed E-state index contributed by atoms with van der Waals surface area (Å²) in [4.78, 5) is 13.4. The fourth-order valence-corrected chi connectivity index (χ4v) is 4.04. The van der Waals surface area contributed by atoms with Crippen LogP contribution in [0.5, 0.6) is 11.5 Å². The highest BCUT2D eigenvalue weighted by atomic mass is 79.9. The number of benzene rings is 3. The molecule has 0 spiro atoms. The molecule has 5 nitrogen and oxygen atoms in total. The van der Waals surface area contributed by atoms with E-state index in [0.29, 0.717) is 24.7 Å². The lowest BCUT2D eigenvalue weighted by Gasteiger charge is -2.11. The molecule has 1 heterocycles. The Morgan fingerprint density at radius 1 is 0.903 bits per heavy atom. The predicted molar refractivity (Wildman–Crippen MR) is 123 cm³/mol. The molecule has 0 unspecified atom stereocenters. The highest BCUT2D eigenvalue weighted by molar-refractivity contribution is 9.10. The van der Waals surface area contributed by atoms with Gasteiger partial charge in [0.05, 0.1) is 37.8 Å². The Kier molecular flexibility index (Phi) is 6.13. The molecule has 0 aliphatic rings. The van der Waals surface area contributed by atoms with E-state index in [1.165, 1.54) is 12.1 Å². The Bertz CT molecular complexity index is 1300. The molecule has 0 N–H and O–H groups in total. The van der Waals surface area contributed by atoms with Crippen LogP contribution in [0.25, 0.3) is 11.0 Å². The number of rotatable bonds is 7. The van der Waals surface area contributed by atoms with Crippen molar-refractivity contribution >= 4 is 27.0 Å².